The number of benzene rings is 2. The summed E-state index contributed by atoms with van der Waals surface area (Å²) in [6, 6.07) is 26.5. The van der Waals surface area contributed by atoms with E-state index in [2.05, 4.69) is 90.5 Å². The summed E-state index contributed by atoms with van der Waals surface area (Å²) in [4.78, 5) is 17.4. The summed E-state index contributed by atoms with van der Waals surface area (Å²) in [6.07, 6.45) is 6.23. The summed E-state index contributed by atoms with van der Waals surface area (Å²) in [7, 11) is -1.34. The Balaban J connectivity index is 0.000000182. The van der Waals surface area contributed by atoms with Gasteiger partial charge in [0.2, 0.25) is 11.7 Å². The van der Waals surface area contributed by atoms with Gasteiger partial charge in [0.25, 0.3) is 0 Å². The van der Waals surface area contributed by atoms with E-state index < -0.39 is 14.0 Å². The van der Waals surface area contributed by atoms with E-state index in [1.165, 1.54) is 16.8 Å². The molecule has 0 bridgehead atoms. The van der Waals surface area contributed by atoms with E-state index >= 15 is 0 Å². The summed E-state index contributed by atoms with van der Waals surface area (Å²) < 4.78 is 21.0. The van der Waals surface area contributed by atoms with Gasteiger partial charge in [0.05, 0.1) is 24.9 Å². The number of hydrogen-bond donors (Lipinski definition) is 0. The first kappa shape index (κ1) is 33.3. The fourth-order valence-electron chi connectivity index (χ4n) is 5.67. The van der Waals surface area contributed by atoms with Crippen LogP contribution >= 0.6 is 0 Å². The number of hydrogen-bond acceptors (Lipinski definition) is 5. The molecule has 0 aliphatic carbocycles. The number of aryl methyl sites for hydroxylation is 1. The van der Waals surface area contributed by atoms with Crippen molar-refractivity contribution in [2.45, 2.75) is 53.4 Å². The van der Waals surface area contributed by atoms with Gasteiger partial charge in [0, 0.05) is 38.2 Å². The number of para-hydroxylation sites is 2. The number of nitrogens with zero attached hydrogens (tertiary/aromatic N) is 5. The van der Waals surface area contributed by atoms with E-state index in [0.29, 0.717) is 11.6 Å². The van der Waals surface area contributed by atoms with Gasteiger partial charge in [-0.2, -0.15) is 9.37 Å². The second kappa shape index (κ2) is 13.8. The molecule has 0 unspecified atom stereocenters. The van der Waals surface area contributed by atoms with Gasteiger partial charge in [-0.05, 0) is 66.0 Å². The molecule has 0 atom stereocenters. The second-order valence-corrected chi connectivity index (χ2v) is 17.6. The number of fused-ring (bicyclic) bond motifs is 4. The molecule has 5 aromatic heterocycles. The van der Waals surface area contributed by atoms with Gasteiger partial charge < -0.3 is 19.0 Å². The molecular formula is C37H36FIrN5OSi-2. The molecule has 5 heterocycles. The summed E-state index contributed by atoms with van der Waals surface area (Å²) >= 11 is 0. The molecule has 0 spiro atoms. The molecule has 2 aromatic carbocycles. The monoisotopic (exact) mass is 806 g/mol. The molecule has 0 fully saturated rings. The van der Waals surface area contributed by atoms with Crippen LogP contribution in [0, 0.1) is 24.1 Å². The smallest absolute Gasteiger partial charge is 0.220 e. The Morgan fingerprint density at radius 1 is 0.913 bits per heavy atom. The molecule has 6 nitrogen and oxygen atoms in total. The number of pyridine rings is 3. The quantitative estimate of drug-likeness (QED) is 0.0957. The van der Waals surface area contributed by atoms with E-state index in [-0.39, 0.29) is 25.8 Å². The van der Waals surface area contributed by atoms with Gasteiger partial charge in [-0.1, -0.05) is 62.8 Å². The Bertz CT molecular complexity index is 2120. The molecule has 0 amide bonds. The minimum atomic E-state index is -1.34. The van der Waals surface area contributed by atoms with Crippen molar-refractivity contribution >= 4 is 46.5 Å². The van der Waals surface area contributed by atoms with Crippen molar-refractivity contribution in [1.29, 1.82) is 0 Å². The maximum atomic E-state index is 13.3. The van der Waals surface area contributed by atoms with Crippen molar-refractivity contribution in [3.05, 3.63) is 103 Å². The summed E-state index contributed by atoms with van der Waals surface area (Å²) in [6.45, 7) is 14.6. The van der Waals surface area contributed by atoms with Crippen LogP contribution < -0.4 is 5.19 Å². The van der Waals surface area contributed by atoms with Crippen LogP contribution in [-0.4, -0.2) is 32.6 Å². The Labute approximate surface area is 283 Å². The standard InChI is InChI=1S/C19H12FN4O.C18H24NSi.Ir/c1-2-24-15-6-4-3-5-14(15)22-17(24)11-9-13-12-7-8-16(20)23-19(12)25-18(13)21-10-11;1-14(2)11-16-12-17(15-9-7-6-8-10-15)19-13-18(16)20(3,4)5;/h3-9H,2H2,1H3;6-9,12-14H,11H2,1-5H3;/q2*-1;. The van der Waals surface area contributed by atoms with Crippen molar-refractivity contribution in [1.82, 2.24) is 24.5 Å². The third-order valence-electron chi connectivity index (χ3n) is 7.73. The van der Waals surface area contributed by atoms with Crippen LogP contribution in [0.3, 0.4) is 0 Å². The Kier molecular flexibility index (Phi) is 9.96. The Morgan fingerprint density at radius 3 is 2.41 bits per heavy atom. The number of rotatable bonds is 6. The van der Waals surface area contributed by atoms with Crippen LogP contribution in [0.4, 0.5) is 4.39 Å². The summed E-state index contributed by atoms with van der Waals surface area (Å²) in [5.41, 5.74) is 6.97. The van der Waals surface area contributed by atoms with Gasteiger partial charge in [-0.15, -0.1) is 42.0 Å². The molecule has 0 aliphatic rings. The molecular weight excluding hydrogens is 770 g/mol. The number of imidazole rings is 1. The van der Waals surface area contributed by atoms with Crippen LogP contribution in [0.15, 0.2) is 83.4 Å². The first-order chi connectivity index (χ1) is 21.6. The van der Waals surface area contributed by atoms with E-state index in [1.54, 1.807) is 6.07 Å². The van der Waals surface area contributed by atoms with Gasteiger partial charge in [0.15, 0.2) is 0 Å². The predicted octanol–water partition coefficient (Wildman–Crippen LogP) is 8.64. The summed E-state index contributed by atoms with van der Waals surface area (Å²) in [5.74, 6) is 0.881. The van der Waals surface area contributed by atoms with E-state index in [1.807, 2.05) is 48.5 Å². The minimum Gasteiger partial charge on any atom is -0.467 e. The molecule has 237 valence electrons. The predicted molar refractivity (Wildman–Crippen MR) is 183 cm³/mol. The number of aromatic nitrogens is 5. The van der Waals surface area contributed by atoms with E-state index in [0.717, 1.165) is 57.4 Å². The number of furan rings is 1. The topological polar surface area (TPSA) is 69.6 Å². The van der Waals surface area contributed by atoms with E-state index in [9.17, 15) is 4.39 Å². The number of halogens is 1. The molecule has 0 saturated heterocycles. The first-order valence-electron chi connectivity index (χ1n) is 15.3. The minimum absolute atomic E-state index is 0. The maximum Gasteiger partial charge on any atom is 0.220 e. The normalized spacial score (nSPS) is 11.6. The maximum absolute atomic E-state index is 13.3. The molecule has 7 aromatic rings. The van der Waals surface area contributed by atoms with Gasteiger partial charge >= 0.3 is 0 Å². The molecule has 46 heavy (non-hydrogen) atoms. The van der Waals surface area contributed by atoms with E-state index in [4.69, 9.17) is 9.40 Å². The zero-order valence-electron chi connectivity index (χ0n) is 26.9. The molecule has 0 saturated carbocycles. The van der Waals surface area contributed by atoms with Crippen molar-refractivity contribution < 1.29 is 28.9 Å². The molecule has 9 heteroatoms. The van der Waals surface area contributed by atoms with Crippen molar-refractivity contribution in [2.24, 2.45) is 5.92 Å². The van der Waals surface area contributed by atoms with Crippen LogP contribution in [0.5, 0.6) is 0 Å². The van der Waals surface area contributed by atoms with Crippen molar-refractivity contribution in [3.63, 3.8) is 0 Å². The average molecular weight is 806 g/mol. The van der Waals surface area contributed by atoms with Crippen molar-refractivity contribution in [2.75, 3.05) is 0 Å². The fraction of sp³-hybridized carbons (Fsp3) is 0.243. The largest absolute Gasteiger partial charge is 0.467 e. The van der Waals surface area contributed by atoms with Crippen LogP contribution in [0.2, 0.25) is 19.6 Å². The molecule has 7 rings (SSSR count). The SMILES string of the molecule is CC(C)Cc1cc(-c2[c-]cccc2)ncc1[Si](C)(C)C.CCn1c(-c2[c-]nc3oc4nc(F)ccc4c3c2)nc2ccccc21.[Ir]. The third-order valence-corrected chi connectivity index (χ3v) is 9.80. The van der Waals surface area contributed by atoms with Crippen LogP contribution in [0.25, 0.3) is 55.9 Å². The molecule has 1 radical (unpaired) electrons. The second-order valence-electron chi connectivity index (χ2n) is 12.6. The molecule has 0 N–H and O–H groups in total. The van der Waals surface area contributed by atoms with Gasteiger partial charge in [0.1, 0.15) is 5.71 Å². The van der Waals surface area contributed by atoms with Crippen molar-refractivity contribution in [3.8, 4) is 22.6 Å². The zero-order chi connectivity index (χ0) is 31.7. The first-order valence-corrected chi connectivity index (χ1v) is 18.8. The average Bonchev–Trinajstić information content (AvgIpc) is 3.58. The van der Waals surface area contributed by atoms with Gasteiger partial charge in [-0.3, -0.25) is 4.98 Å². The Hall–Kier alpha value is -4.04. The van der Waals surface area contributed by atoms with Gasteiger partial charge in [-0.25, -0.2) is 0 Å². The fourth-order valence-corrected chi connectivity index (χ4v) is 7.26. The molecule has 0 aliphatic heterocycles. The Morgan fingerprint density at radius 2 is 1.70 bits per heavy atom. The summed E-state index contributed by atoms with van der Waals surface area (Å²) in [5, 5.41) is 2.98. The third kappa shape index (κ3) is 6.87. The van der Waals surface area contributed by atoms with Crippen LogP contribution in [-0.2, 0) is 33.1 Å². The zero-order valence-corrected chi connectivity index (χ0v) is 30.2. The van der Waals surface area contributed by atoms with Crippen LogP contribution in [0.1, 0.15) is 26.3 Å².